The van der Waals surface area contributed by atoms with Crippen LogP contribution in [0.5, 0.6) is 0 Å². The van der Waals surface area contributed by atoms with E-state index in [0.29, 0.717) is 5.41 Å². The zero-order chi connectivity index (χ0) is 11.2. The van der Waals surface area contributed by atoms with Gasteiger partial charge >= 0.3 is 0 Å². The van der Waals surface area contributed by atoms with Gasteiger partial charge < -0.3 is 11.5 Å². The topological polar surface area (TPSA) is 64.4 Å². The summed E-state index contributed by atoms with van der Waals surface area (Å²) in [4.78, 5) is 3.36. The minimum absolute atomic E-state index is 0.130. The zero-order valence-corrected chi connectivity index (χ0v) is 9.80. The molecule has 0 aromatic carbocycles. The van der Waals surface area contributed by atoms with Crippen molar-refractivity contribution >= 4 is 5.96 Å². The van der Waals surface area contributed by atoms with E-state index in [1.165, 1.54) is 26.3 Å². The molecule has 14 heavy (non-hydrogen) atoms. The molecule has 0 aromatic rings. The molecule has 0 atom stereocenters. The Kier molecular flexibility index (Phi) is 5.28. The van der Waals surface area contributed by atoms with Crippen molar-refractivity contribution in [3.05, 3.63) is 11.6 Å². The Labute approximate surface area is 87.3 Å². The summed E-state index contributed by atoms with van der Waals surface area (Å²) in [6.07, 6.45) is 6.34. The van der Waals surface area contributed by atoms with Crippen LogP contribution in [0.2, 0.25) is 0 Å². The molecular formula is C11H23N3. The molecule has 0 aromatic heterocycles. The van der Waals surface area contributed by atoms with Gasteiger partial charge in [0.25, 0.3) is 0 Å². The Morgan fingerprint density at radius 2 is 1.93 bits per heavy atom. The summed E-state index contributed by atoms with van der Waals surface area (Å²) in [5.74, 6) is 0.130. The fourth-order valence-electron chi connectivity index (χ4n) is 1.19. The molecule has 0 amide bonds. The van der Waals surface area contributed by atoms with Crippen molar-refractivity contribution in [3.8, 4) is 0 Å². The van der Waals surface area contributed by atoms with E-state index < -0.39 is 0 Å². The first-order valence-corrected chi connectivity index (χ1v) is 5.01. The fraction of sp³-hybridized carbons (Fsp3) is 0.727. The van der Waals surface area contributed by atoms with Gasteiger partial charge in [0, 0.05) is 7.05 Å². The summed E-state index contributed by atoms with van der Waals surface area (Å²) >= 11 is 0. The predicted molar refractivity (Wildman–Crippen MR) is 63.1 cm³/mol. The summed E-state index contributed by atoms with van der Waals surface area (Å²) in [6, 6.07) is 0. The molecule has 0 bridgehead atoms. The Morgan fingerprint density at radius 3 is 2.14 bits per heavy atom. The molecule has 4 N–H and O–H groups in total. The molecule has 0 saturated heterocycles. The van der Waals surface area contributed by atoms with Gasteiger partial charge in [0.15, 0.2) is 5.96 Å². The standard InChI is InChI=1S/C9H16.C2H7N3/c1-8-4-6-9(2,3)7-5-8;1-5-2(3)4/h4H,5-7H2,1-3H3;1H3,(H4,3,4,5). The number of nitrogens with zero attached hydrogens (tertiary/aromatic N) is 1. The molecule has 1 rings (SSSR count). The van der Waals surface area contributed by atoms with Crippen LogP contribution < -0.4 is 11.5 Å². The van der Waals surface area contributed by atoms with Crippen LogP contribution in [0.4, 0.5) is 0 Å². The molecule has 82 valence electrons. The predicted octanol–water partition coefficient (Wildman–Crippen LogP) is 2.03. The lowest BCUT2D eigenvalue weighted by atomic mass is 9.79. The Bertz CT molecular complexity index is 223. The van der Waals surface area contributed by atoms with Gasteiger partial charge in [-0.3, -0.25) is 4.99 Å². The number of guanidine groups is 1. The van der Waals surface area contributed by atoms with Crippen LogP contribution in [-0.4, -0.2) is 13.0 Å². The lowest BCUT2D eigenvalue weighted by Gasteiger charge is -2.27. The van der Waals surface area contributed by atoms with E-state index in [1.54, 1.807) is 5.57 Å². The number of nitrogens with two attached hydrogens (primary N) is 2. The Balaban J connectivity index is 0.000000292. The van der Waals surface area contributed by atoms with Crippen LogP contribution in [0.15, 0.2) is 16.6 Å². The average Bonchev–Trinajstić information content (AvgIpc) is 2.11. The van der Waals surface area contributed by atoms with Crippen LogP contribution in [0.1, 0.15) is 40.0 Å². The number of aliphatic imine (C=N–C) groups is 1. The molecule has 1 aliphatic carbocycles. The first-order valence-electron chi connectivity index (χ1n) is 5.01. The molecule has 0 saturated carbocycles. The quantitative estimate of drug-likeness (QED) is 0.354. The number of hydrogen-bond donors (Lipinski definition) is 2. The van der Waals surface area contributed by atoms with Gasteiger partial charge in [-0.25, -0.2) is 0 Å². The van der Waals surface area contributed by atoms with Gasteiger partial charge in [0.2, 0.25) is 0 Å². The van der Waals surface area contributed by atoms with Gasteiger partial charge in [0.1, 0.15) is 0 Å². The van der Waals surface area contributed by atoms with Gasteiger partial charge in [-0.1, -0.05) is 25.5 Å². The van der Waals surface area contributed by atoms with Crippen LogP contribution in [-0.2, 0) is 0 Å². The van der Waals surface area contributed by atoms with E-state index >= 15 is 0 Å². The maximum Gasteiger partial charge on any atom is 0.185 e. The summed E-state index contributed by atoms with van der Waals surface area (Å²) < 4.78 is 0. The van der Waals surface area contributed by atoms with E-state index in [9.17, 15) is 0 Å². The van der Waals surface area contributed by atoms with Crippen LogP contribution in [0, 0.1) is 5.41 Å². The minimum Gasteiger partial charge on any atom is -0.370 e. The van der Waals surface area contributed by atoms with Crippen LogP contribution in [0.3, 0.4) is 0 Å². The van der Waals surface area contributed by atoms with Gasteiger partial charge in [-0.15, -0.1) is 0 Å². The van der Waals surface area contributed by atoms with Crippen LogP contribution >= 0.6 is 0 Å². The molecule has 0 radical (unpaired) electrons. The number of hydrogen-bond acceptors (Lipinski definition) is 1. The second-order valence-corrected chi connectivity index (χ2v) is 4.57. The highest BCUT2D eigenvalue weighted by Gasteiger charge is 2.19. The van der Waals surface area contributed by atoms with Crippen molar-refractivity contribution in [1.29, 1.82) is 0 Å². The van der Waals surface area contributed by atoms with Crippen molar-refractivity contribution in [2.75, 3.05) is 7.05 Å². The smallest absolute Gasteiger partial charge is 0.185 e. The molecular weight excluding hydrogens is 174 g/mol. The van der Waals surface area contributed by atoms with Crippen molar-refractivity contribution in [3.63, 3.8) is 0 Å². The highest BCUT2D eigenvalue weighted by Crippen LogP contribution is 2.33. The zero-order valence-electron chi connectivity index (χ0n) is 9.80. The second kappa shape index (κ2) is 5.68. The summed E-state index contributed by atoms with van der Waals surface area (Å²) in [7, 11) is 1.54. The van der Waals surface area contributed by atoms with Crippen molar-refractivity contribution < 1.29 is 0 Å². The molecule has 0 heterocycles. The van der Waals surface area contributed by atoms with E-state index in [1.807, 2.05) is 0 Å². The Hall–Kier alpha value is -0.990. The number of allylic oxidation sites excluding steroid dienone is 2. The van der Waals surface area contributed by atoms with Crippen LogP contribution in [0.25, 0.3) is 0 Å². The van der Waals surface area contributed by atoms with E-state index in [0.717, 1.165) is 0 Å². The molecule has 0 aliphatic heterocycles. The van der Waals surface area contributed by atoms with E-state index in [-0.39, 0.29) is 5.96 Å². The molecule has 0 spiro atoms. The van der Waals surface area contributed by atoms with E-state index in [2.05, 4.69) is 31.8 Å². The van der Waals surface area contributed by atoms with Crippen molar-refractivity contribution in [1.82, 2.24) is 0 Å². The molecule has 1 aliphatic rings. The first kappa shape index (κ1) is 13.0. The SMILES string of the molecule is CC1=CCC(C)(C)CC1.CN=C(N)N. The second-order valence-electron chi connectivity index (χ2n) is 4.57. The van der Waals surface area contributed by atoms with Gasteiger partial charge in [-0.05, 0) is 31.6 Å². The molecule has 0 fully saturated rings. The highest BCUT2D eigenvalue weighted by molar-refractivity contribution is 5.75. The number of rotatable bonds is 0. The third-order valence-corrected chi connectivity index (χ3v) is 2.46. The molecule has 3 nitrogen and oxygen atoms in total. The average molecular weight is 197 g/mol. The highest BCUT2D eigenvalue weighted by atomic mass is 15.0. The first-order chi connectivity index (χ1) is 6.37. The molecule has 0 unspecified atom stereocenters. The monoisotopic (exact) mass is 197 g/mol. The lowest BCUT2D eigenvalue weighted by Crippen LogP contribution is -2.21. The maximum absolute atomic E-state index is 4.82. The van der Waals surface area contributed by atoms with Gasteiger partial charge in [-0.2, -0.15) is 0 Å². The third-order valence-electron chi connectivity index (χ3n) is 2.46. The molecule has 3 heteroatoms. The normalized spacial score (nSPS) is 18.7. The largest absolute Gasteiger partial charge is 0.370 e. The van der Waals surface area contributed by atoms with Gasteiger partial charge in [0.05, 0.1) is 0 Å². The minimum atomic E-state index is 0.130. The Morgan fingerprint density at radius 1 is 1.43 bits per heavy atom. The summed E-state index contributed by atoms with van der Waals surface area (Å²) in [5, 5.41) is 0. The summed E-state index contributed by atoms with van der Waals surface area (Å²) in [5.41, 5.74) is 11.8. The fourth-order valence-corrected chi connectivity index (χ4v) is 1.19. The summed E-state index contributed by atoms with van der Waals surface area (Å²) in [6.45, 7) is 6.92. The third kappa shape index (κ3) is 6.52. The van der Waals surface area contributed by atoms with Crippen molar-refractivity contribution in [2.24, 2.45) is 21.9 Å². The maximum atomic E-state index is 4.82. The van der Waals surface area contributed by atoms with E-state index in [4.69, 9.17) is 11.5 Å². The van der Waals surface area contributed by atoms with Crippen molar-refractivity contribution in [2.45, 2.75) is 40.0 Å². The lowest BCUT2D eigenvalue weighted by molar-refractivity contribution is 0.325.